The maximum Gasteiger partial charge on any atom is 0.338 e. The smallest absolute Gasteiger partial charge is 0.338 e. The van der Waals surface area contributed by atoms with Gasteiger partial charge in [-0.15, -0.1) is 0 Å². The van der Waals surface area contributed by atoms with Crippen molar-refractivity contribution in [1.29, 1.82) is 0 Å². The van der Waals surface area contributed by atoms with Gasteiger partial charge in [-0.1, -0.05) is 0 Å². The van der Waals surface area contributed by atoms with Crippen LogP contribution in [0.5, 0.6) is 0 Å². The van der Waals surface area contributed by atoms with Crippen LogP contribution in [0.25, 0.3) is 0 Å². The lowest BCUT2D eigenvalue weighted by Gasteiger charge is -2.56. The summed E-state index contributed by atoms with van der Waals surface area (Å²) >= 11 is 0. The van der Waals surface area contributed by atoms with E-state index < -0.39 is 31.6 Å². The van der Waals surface area contributed by atoms with Crippen LogP contribution in [0.15, 0.2) is 23.1 Å². The van der Waals surface area contributed by atoms with Crippen LogP contribution in [0.4, 0.5) is 5.69 Å². The lowest BCUT2D eigenvalue weighted by molar-refractivity contribution is -0.387. The van der Waals surface area contributed by atoms with Gasteiger partial charge < -0.3 is 4.74 Å². The molecule has 4 bridgehead atoms. The first-order chi connectivity index (χ1) is 12.7. The Morgan fingerprint density at radius 2 is 1.74 bits per heavy atom. The number of carbonyl (C=O) groups is 1. The van der Waals surface area contributed by atoms with E-state index >= 15 is 0 Å². The van der Waals surface area contributed by atoms with E-state index in [-0.39, 0.29) is 11.0 Å². The van der Waals surface area contributed by atoms with Gasteiger partial charge in [-0.3, -0.25) is 14.7 Å². The standard InChI is InChI=1S/C18H21NO7S/c20-17(14-1-2-16(27(23,24)25)15(6-14)19(21)22)26-10-18-7-11-3-12(8-18)5-13(4-11)9-18/h1-2,6,11-13H,3-5,7-10H2,(H,23,24,25). The predicted molar refractivity (Wildman–Crippen MR) is 93.8 cm³/mol. The first-order valence-electron chi connectivity index (χ1n) is 9.08. The molecule has 0 saturated heterocycles. The lowest BCUT2D eigenvalue weighted by Crippen LogP contribution is -2.48. The van der Waals surface area contributed by atoms with E-state index in [1.165, 1.54) is 19.3 Å². The van der Waals surface area contributed by atoms with E-state index in [0.29, 0.717) is 24.4 Å². The Kier molecular flexibility index (Phi) is 4.27. The summed E-state index contributed by atoms with van der Waals surface area (Å²) in [5, 5.41) is 11.1. The fourth-order valence-electron chi connectivity index (χ4n) is 5.77. The number of rotatable bonds is 5. The largest absolute Gasteiger partial charge is 0.462 e. The highest BCUT2D eigenvalue weighted by Gasteiger charge is 2.51. The van der Waals surface area contributed by atoms with E-state index in [1.807, 2.05) is 0 Å². The van der Waals surface area contributed by atoms with Gasteiger partial charge in [-0.25, -0.2) is 4.79 Å². The SMILES string of the molecule is O=C(OCC12CC3CC(CC(C3)C1)C2)c1ccc(S(=O)(=O)O)c([N+](=O)[O-])c1. The first-order valence-corrected chi connectivity index (χ1v) is 10.5. The second-order valence-electron chi connectivity index (χ2n) is 8.41. The van der Waals surface area contributed by atoms with Gasteiger partial charge in [-0.2, -0.15) is 8.42 Å². The Balaban J connectivity index is 1.50. The zero-order valence-electron chi connectivity index (χ0n) is 14.7. The van der Waals surface area contributed by atoms with Crippen molar-refractivity contribution in [3.63, 3.8) is 0 Å². The van der Waals surface area contributed by atoms with Gasteiger partial charge in [-0.05, 0) is 68.4 Å². The summed E-state index contributed by atoms with van der Waals surface area (Å²) in [6, 6.07) is 2.82. The number of hydrogen-bond acceptors (Lipinski definition) is 6. The van der Waals surface area contributed by atoms with Crippen LogP contribution in [0.2, 0.25) is 0 Å². The van der Waals surface area contributed by atoms with Gasteiger partial charge >= 0.3 is 16.1 Å². The molecule has 146 valence electrons. The quantitative estimate of drug-likeness (QED) is 0.351. The third kappa shape index (κ3) is 3.45. The molecule has 8 nitrogen and oxygen atoms in total. The number of ether oxygens (including phenoxy) is 1. The molecule has 4 aliphatic rings. The van der Waals surface area contributed by atoms with Crippen molar-refractivity contribution in [3.8, 4) is 0 Å². The molecule has 0 unspecified atom stereocenters. The molecule has 0 radical (unpaired) electrons. The van der Waals surface area contributed by atoms with E-state index in [2.05, 4.69) is 0 Å². The summed E-state index contributed by atoms with van der Waals surface area (Å²) in [5.41, 5.74) is -0.925. The Morgan fingerprint density at radius 3 is 2.22 bits per heavy atom. The number of nitro groups is 1. The van der Waals surface area contributed by atoms with Crippen LogP contribution in [0.3, 0.4) is 0 Å². The highest BCUT2D eigenvalue weighted by molar-refractivity contribution is 7.86. The Hall–Kier alpha value is -2.00. The molecule has 4 aliphatic carbocycles. The second kappa shape index (κ2) is 6.27. The van der Waals surface area contributed by atoms with E-state index in [1.54, 1.807) is 0 Å². The summed E-state index contributed by atoms with van der Waals surface area (Å²) in [5.74, 6) is 1.43. The lowest BCUT2D eigenvalue weighted by atomic mass is 9.50. The van der Waals surface area contributed by atoms with E-state index in [9.17, 15) is 23.3 Å². The molecule has 0 heterocycles. The number of carbonyl (C=O) groups excluding carboxylic acids is 1. The van der Waals surface area contributed by atoms with Gasteiger partial charge in [0.1, 0.15) is 0 Å². The third-order valence-corrected chi connectivity index (χ3v) is 7.24. The van der Waals surface area contributed by atoms with Crippen LogP contribution in [0, 0.1) is 33.3 Å². The van der Waals surface area contributed by atoms with Gasteiger partial charge in [0.15, 0.2) is 4.90 Å². The summed E-state index contributed by atoms with van der Waals surface area (Å²) in [6.07, 6.45) is 7.01. The zero-order valence-corrected chi connectivity index (χ0v) is 15.5. The normalized spacial score (nSPS) is 31.7. The van der Waals surface area contributed by atoms with Crippen molar-refractivity contribution in [2.24, 2.45) is 23.2 Å². The molecule has 27 heavy (non-hydrogen) atoms. The number of esters is 1. The molecule has 5 rings (SSSR count). The van der Waals surface area contributed by atoms with Crippen molar-refractivity contribution in [3.05, 3.63) is 33.9 Å². The molecular formula is C18H21NO7S. The molecule has 0 aromatic heterocycles. The average molecular weight is 395 g/mol. The molecule has 1 aromatic rings. The minimum Gasteiger partial charge on any atom is -0.462 e. The number of benzene rings is 1. The molecule has 1 N–H and O–H groups in total. The third-order valence-electron chi connectivity index (χ3n) is 6.34. The molecule has 0 aliphatic heterocycles. The van der Waals surface area contributed by atoms with Gasteiger partial charge in [0.2, 0.25) is 0 Å². The molecule has 0 atom stereocenters. The number of hydrogen-bond donors (Lipinski definition) is 1. The van der Waals surface area contributed by atoms with Crippen molar-refractivity contribution in [1.82, 2.24) is 0 Å². The molecular weight excluding hydrogens is 374 g/mol. The van der Waals surface area contributed by atoms with Crippen LogP contribution in [-0.4, -0.2) is 30.5 Å². The summed E-state index contributed by atoms with van der Waals surface area (Å²) in [7, 11) is -4.76. The van der Waals surface area contributed by atoms with Gasteiger partial charge in [0, 0.05) is 11.5 Å². The highest BCUT2D eigenvalue weighted by Crippen LogP contribution is 2.60. The molecule has 1 aromatic carbocycles. The van der Waals surface area contributed by atoms with E-state index in [4.69, 9.17) is 9.29 Å². The summed E-state index contributed by atoms with van der Waals surface area (Å²) in [6.45, 7) is 0.295. The highest BCUT2D eigenvalue weighted by atomic mass is 32.2. The molecule has 0 amide bonds. The van der Waals surface area contributed by atoms with Crippen molar-refractivity contribution in [2.45, 2.75) is 43.4 Å². The summed E-state index contributed by atoms with van der Waals surface area (Å²) < 4.78 is 37.1. The molecule has 4 saturated carbocycles. The topological polar surface area (TPSA) is 124 Å². The molecule has 9 heteroatoms. The van der Waals surface area contributed by atoms with Crippen molar-refractivity contribution >= 4 is 21.8 Å². The predicted octanol–water partition coefficient (Wildman–Crippen LogP) is 3.21. The van der Waals surface area contributed by atoms with Crippen molar-refractivity contribution < 1.29 is 27.4 Å². The minimum atomic E-state index is -4.76. The summed E-state index contributed by atoms with van der Waals surface area (Å²) in [4.78, 5) is 21.7. The minimum absolute atomic E-state index is 0.0186. The zero-order chi connectivity index (χ0) is 19.4. The number of nitrogens with zero attached hydrogens (tertiary/aromatic N) is 1. The average Bonchev–Trinajstić information content (AvgIpc) is 2.57. The maximum atomic E-state index is 12.4. The van der Waals surface area contributed by atoms with Gasteiger partial charge in [0.05, 0.1) is 17.1 Å². The first kappa shape index (κ1) is 18.4. The van der Waals surface area contributed by atoms with Crippen LogP contribution < -0.4 is 0 Å². The van der Waals surface area contributed by atoms with Crippen LogP contribution in [0.1, 0.15) is 48.9 Å². The molecule has 4 fully saturated rings. The fraction of sp³-hybridized carbons (Fsp3) is 0.611. The van der Waals surface area contributed by atoms with E-state index in [0.717, 1.165) is 37.5 Å². The van der Waals surface area contributed by atoms with Crippen LogP contribution >= 0.6 is 0 Å². The Bertz CT molecular complexity index is 873. The fourth-order valence-corrected chi connectivity index (χ4v) is 6.41. The Labute approximate surface area is 156 Å². The monoisotopic (exact) mass is 395 g/mol. The van der Waals surface area contributed by atoms with Crippen LogP contribution in [-0.2, 0) is 14.9 Å². The van der Waals surface area contributed by atoms with Crippen molar-refractivity contribution in [2.75, 3.05) is 6.61 Å². The Morgan fingerprint density at radius 1 is 1.19 bits per heavy atom. The molecule has 0 spiro atoms. The number of nitro benzene ring substituents is 1. The second-order valence-corrected chi connectivity index (χ2v) is 9.80. The maximum absolute atomic E-state index is 12.4. The van der Waals surface area contributed by atoms with Gasteiger partial charge in [0.25, 0.3) is 5.69 Å².